The van der Waals surface area contributed by atoms with Crippen molar-refractivity contribution in [3.8, 4) is 0 Å². The van der Waals surface area contributed by atoms with Gasteiger partial charge in [0.15, 0.2) is 0 Å². The number of ether oxygens (including phenoxy) is 2. The smallest absolute Gasteiger partial charge is 0.309 e. The van der Waals surface area contributed by atoms with Gasteiger partial charge in [-0.3, -0.25) is 9.59 Å². The van der Waals surface area contributed by atoms with Crippen molar-refractivity contribution in [1.82, 2.24) is 0 Å². The molecule has 0 spiro atoms. The summed E-state index contributed by atoms with van der Waals surface area (Å²) in [6.45, 7) is 17.3. The predicted octanol–water partition coefficient (Wildman–Crippen LogP) is 6.39. The maximum Gasteiger partial charge on any atom is 0.309 e. The topological polar surface area (TPSA) is 72.8 Å². The highest BCUT2D eigenvalue weighted by Crippen LogP contribution is 2.74. The fraction of sp³-hybridized carbons (Fsp3) is 0.812. The Morgan fingerprint density at radius 1 is 1.19 bits per heavy atom. The van der Waals surface area contributed by atoms with Crippen LogP contribution in [0, 0.1) is 45.3 Å². The van der Waals surface area contributed by atoms with E-state index in [0.717, 1.165) is 44.9 Å². The molecule has 206 valence electrons. The van der Waals surface area contributed by atoms with Crippen LogP contribution in [-0.2, 0) is 19.1 Å². The maximum atomic E-state index is 13.0. The predicted molar refractivity (Wildman–Crippen MR) is 143 cm³/mol. The average molecular weight is 513 g/mol. The van der Waals surface area contributed by atoms with Gasteiger partial charge < -0.3 is 14.6 Å². The van der Waals surface area contributed by atoms with Gasteiger partial charge in [-0.05, 0) is 76.0 Å². The Hall–Kier alpha value is -1.62. The molecule has 1 saturated heterocycles. The molecule has 0 aromatic carbocycles. The second-order valence-corrected chi connectivity index (χ2v) is 14.5. The van der Waals surface area contributed by atoms with Gasteiger partial charge in [0.2, 0.25) is 0 Å². The molecule has 37 heavy (non-hydrogen) atoms. The van der Waals surface area contributed by atoms with Crippen molar-refractivity contribution >= 4 is 11.9 Å². The van der Waals surface area contributed by atoms with Gasteiger partial charge in [-0.2, -0.15) is 0 Å². The fourth-order valence-electron chi connectivity index (χ4n) is 10.2. The molecule has 4 aliphatic carbocycles. The van der Waals surface area contributed by atoms with Crippen LogP contribution in [0.3, 0.4) is 0 Å². The third kappa shape index (κ3) is 3.65. The van der Waals surface area contributed by atoms with E-state index in [4.69, 9.17) is 9.47 Å². The first-order valence-electron chi connectivity index (χ1n) is 14.6. The summed E-state index contributed by atoms with van der Waals surface area (Å²) >= 11 is 0. The number of hydrogen-bond donors (Lipinski definition) is 1. The molecule has 0 aromatic rings. The first-order chi connectivity index (χ1) is 17.2. The fourth-order valence-corrected chi connectivity index (χ4v) is 10.2. The molecule has 1 N–H and O–H groups in total. The second-order valence-electron chi connectivity index (χ2n) is 14.5. The summed E-state index contributed by atoms with van der Waals surface area (Å²) in [4.78, 5) is 24.9. The van der Waals surface area contributed by atoms with E-state index in [9.17, 15) is 14.7 Å². The number of carbonyl (C=O) groups excluding carboxylic acids is 2. The van der Waals surface area contributed by atoms with Crippen molar-refractivity contribution in [2.45, 2.75) is 119 Å². The lowest BCUT2D eigenvalue weighted by Gasteiger charge is -2.65. The lowest BCUT2D eigenvalue weighted by Crippen LogP contribution is -2.62. The van der Waals surface area contributed by atoms with Crippen molar-refractivity contribution in [3.63, 3.8) is 0 Å². The summed E-state index contributed by atoms with van der Waals surface area (Å²) in [6, 6.07) is 0. The standard InChI is InChI=1S/C32H48O5/c1-18(2)10-9-11-20-27-23(37-28(20)35)17-31(7)21-12-13-24-29(4,5)26(36-19(3)33)14-15-30(24,6)22(21)16-25(34)32(27,31)8/h10,12,20,22-27,34H,9,11,13-17H2,1-8H3/t20-,22+,23+,24+,25-,26+,27-,30-,31-,32+/m1/s1. The number of esters is 2. The Bertz CT molecular complexity index is 1040. The number of fused-ring (bicyclic) bond motifs is 7. The molecular formula is C32H48O5. The van der Waals surface area contributed by atoms with Crippen molar-refractivity contribution in [1.29, 1.82) is 0 Å². The lowest BCUT2D eigenvalue weighted by atomic mass is 9.40. The molecule has 0 aromatic heterocycles. The van der Waals surface area contributed by atoms with Crippen LogP contribution >= 0.6 is 0 Å². The molecule has 5 rings (SSSR count). The molecule has 0 bridgehead atoms. The van der Waals surface area contributed by atoms with Crippen LogP contribution in [0.25, 0.3) is 0 Å². The minimum atomic E-state index is -0.486. The van der Waals surface area contributed by atoms with Gasteiger partial charge in [0, 0.05) is 29.1 Å². The van der Waals surface area contributed by atoms with E-state index in [0.29, 0.717) is 5.92 Å². The summed E-state index contributed by atoms with van der Waals surface area (Å²) in [5, 5.41) is 12.0. The van der Waals surface area contributed by atoms with Crippen molar-refractivity contribution < 1.29 is 24.2 Å². The van der Waals surface area contributed by atoms with Gasteiger partial charge >= 0.3 is 11.9 Å². The number of hydrogen-bond acceptors (Lipinski definition) is 5. The molecule has 1 heterocycles. The minimum Gasteiger partial charge on any atom is -0.462 e. The van der Waals surface area contributed by atoms with Crippen LogP contribution in [0.5, 0.6) is 0 Å². The molecule has 4 fully saturated rings. The highest BCUT2D eigenvalue weighted by atomic mass is 16.6. The van der Waals surface area contributed by atoms with Gasteiger partial charge in [0.05, 0.1) is 12.0 Å². The Kier molecular flexibility index (Phi) is 6.34. The summed E-state index contributed by atoms with van der Waals surface area (Å²) in [5.41, 5.74) is 2.07. The zero-order chi connectivity index (χ0) is 27.1. The first-order valence-corrected chi connectivity index (χ1v) is 14.6. The van der Waals surface area contributed by atoms with Crippen molar-refractivity contribution in [2.75, 3.05) is 0 Å². The number of aliphatic hydroxyl groups excluding tert-OH is 1. The Morgan fingerprint density at radius 2 is 1.89 bits per heavy atom. The van der Waals surface area contributed by atoms with E-state index in [2.05, 4.69) is 60.6 Å². The van der Waals surface area contributed by atoms with Gasteiger partial charge in [0.1, 0.15) is 12.2 Å². The molecular weight excluding hydrogens is 464 g/mol. The zero-order valence-electron chi connectivity index (χ0n) is 24.2. The number of aliphatic hydroxyl groups is 1. The summed E-state index contributed by atoms with van der Waals surface area (Å²) in [6.07, 6.45) is 10.0. The van der Waals surface area contributed by atoms with Crippen LogP contribution in [0.4, 0.5) is 0 Å². The molecule has 5 aliphatic rings. The average Bonchev–Trinajstić information content (AvgIpc) is 3.21. The summed E-state index contributed by atoms with van der Waals surface area (Å²) < 4.78 is 11.9. The van der Waals surface area contributed by atoms with E-state index >= 15 is 0 Å². The SMILES string of the molecule is CC(=O)O[C@H]1CC[C@]2(C)[C@H]3C[C@@H](O)[C@@]4(C)[C@H]5[C@H](C[C@]4(C)C3=CC[C@H]2C1(C)C)OC(=O)[C@@H]5CCC=C(C)C. The molecule has 0 amide bonds. The van der Waals surface area contributed by atoms with Gasteiger partial charge in [-0.15, -0.1) is 0 Å². The van der Waals surface area contributed by atoms with E-state index in [1.165, 1.54) is 18.1 Å². The zero-order valence-corrected chi connectivity index (χ0v) is 24.2. The maximum absolute atomic E-state index is 13.0. The Labute approximate surface area is 223 Å². The minimum absolute atomic E-state index is 0.0345. The van der Waals surface area contributed by atoms with Crippen molar-refractivity contribution in [2.24, 2.45) is 45.3 Å². The monoisotopic (exact) mass is 512 g/mol. The highest BCUT2D eigenvalue weighted by Gasteiger charge is 2.73. The first kappa shape index (κ1) is 27.0. The summed E-state index contributed by atoms with van der Waals surface area (Å²) in [5.74, 6) is 0.303. The van der Waals surface area contributed by atoms with Crippen LogP contribution in [0.1, 0.15) is 100 Å². The Balaban J connectivity index is 1.50. The number of allylic oxidation sites excluding steroid dienone is 4. The third-order valence-corrected chi connectivity index (χ3v) is 12.2. The molecule has 5 nitrogen and oxygen atoms in total. The molecule has 1 aliphatic heterocycles. The van der Waals surface area contributed by atoms with Crippen LogP contribution in [-0.4, -0.2) is 35.4 Å². The quantitative estimate of drug-likeness (QED) is 0.349. The van der Waals surface area contributed by atoms with E-state index in [-0.39, 0.29) is 58.1 Å². The molecule has 3 saturated carbocycles. The number of rotatable bonds is 4. The van der Waals surface area contributed by atoms with Gasteiger partial charge in [-0.1, -0.05) is 57.9 Å². The highest BCUT2D eigenvalue weighted by molar-refractivity contribution is 5.76. The molecule has 0 unspecified atom stereocenters. The third-order valence-electron chi connectivity index (χ3n) is 12.2. The van der Waals surface area contributed by atoms with Crippen molar-refractivity contribution in [3.05, 3.63) is 23.3 Å². The normalized spacial score (nSPS) is 47.5. The van der Waals surface area contributed by atoms with Gasteiger partial charge in [-0.25, -0.2) is 0 Å². The Morgan fingerprint density at radius 3 is 2.54 bits per heavy atom. The molecule has 5 heteroatoms. The van der Waals surface area contributed by atoms with Gasteiger partial charge in [0.25, 0.3) is 0 Å². The summed E-state index contributed by atoms with van der Waals surface area (Å²) in [7, 11) is 0. The van der Waals surface area contributed by atoms with E-state index in [1.807, 2.05) is 0 Å². The van der Waals surface area contributed by atoms with Crippen LogP contribution in [0.15, 0.2) is 23.3 Å². The van der Waals surface area contributed by atoms with Crippen LogP contribution in [0.2, 0.25) is 0 Å². The van der Waals surface area contributed by atoms with Crippen LogP contribution < -0.4 is 0 Å². The van der Waals surface area contributed by atoms with E-state index in [1.54, 1.807) is 0 Å². The van der Waals surface area contributed by atoms with E-state index < -0.39 is 11.5 Å². The lowest BCUT2D eigenvalue weighted by molar-refractivity contribution is -0.181. The molecule has 10 atom stereocenters. The second kappa shape index (κ2) is 8.69. The number of carbonyl (C=O) groups is 2. The molecule has 0 radical (unpaired) electrons. The largest absolute Gasteiger partial charge is 0.462 e.